The quantitative estimate of drug-likeness (QED) is 0.543. The van der Waals surface area contributed by atoms with Crippen LogP contribution in [0.4, 0.5) is 5.69 Å². The molecule has 0 fully saturated rings. The van der Waals surface area contributed by atoms with Crippen LogP contribution in [0, 0.1) is 3.57 Å². The van der Waals surface area contributed by atoms with Gasteiger partial charge in [0.1, 0.15) is 0 Å². The van der Waals surface area contributed by atoms with Crippen LogP contribution in [0.5, 0.6) is 0 Å². The summed E-state index contributed by atoms with van der Waals surface area (Å²) in [5.74, 6) is 0.267. The first-order valence-electron chi connectivity index (χ1n) is 8.39. The number of halogens is 1. The number of allylic oxidation sites excluding steroid dienone is 2. The van der Waals surface area contributed by atoms with Gasteiger partial charge in [0.2, 0.25) is 0 Å². The van der Waals surface area contributed by atoms with Crippen molar-refractivity contribution < 1.29 is 4.79 Å². The van der Waals surface area contributed by atoms with E-state index in [4.69, 9.17) is 0 Å². The maximum Gasteiger partial charge on any atom is 0.161 e. The molecule has 5 rings (SSSR count). The molecule has 0 bridgehead atoms. The van der Waals surface area contributed by atoms with Gasteiger partial charge >= 0.3 is 0 Å². The zero-order chi connectivity index (χ0) is 17.0. The first kappa shape index (κ1) is 15.1. The van der Waals surface area contributed by atoms with Crippen LogP contribution in [0.25, 0.3) is 10.9 Å². The number of aromatic nitrogens is 1. The minimum atomic E-state index is -0.000967. The fourth-order valence-corrected chi connectivity index (χ4v) is 4.73. The summed E-state index contributed by atoms with van der Waals surface area (Å²) >= 11 is 2.37. The molecule has 2 heterocycles. The molecule has 25 heavy (non-hydrogen) atoms. The van der Waals surface area contributed by atoms with Crippen molar-refractivity contribution in [1.82, 2.24) is 4.98 Å². The third-order valence-electron chi connectivity index (χ3n) is 5.14. The summed E-state index contributed by atoms with van der Waals surface area (Å²) in [6.07, 6.45) is 3.21. The molecule has 1 aliphatic heterocycles. The van der Waals surface area contributed by atoms with Gasteiger partial charge in [-0.15, -0.1) is 0 Å². The van der Waals surface area contributed by atoms with Gasteiger partial charge in [-0.3, -0.25) is 9.78 Å². The third-order valence-corrected chi connectivity index (χ3v) is 6.12. The van der Waals surface area contributed by atoms with Crippen molar-refractivity contribution in [2.45, 2.75) is 18.8 Å². The Morgan fingerprint density at radius 2 is 1.88 bits per heavy atom. The molecule has 122 valence electrons. The van der Waals surface area contributed by atoms with Crippen LogP contribution in [-0.4, -0.2) is 10.8 Å². The van der Waals surface area contributed by atoms with Gasteiger partial charge in [-0.2, -0.15) is 0 Å². The smallest absolute Gasteiger partial charge is 0.161 e. The van der Waals surface area contributed by atoms with Gasteiger partial charge in [0.25, 0.3) is 0 Å². The fraction of sp³-hybridized carbons (Fsp3) is 0.143. The number of hydrogen-bond acceptors (Lipinski definition) is 3. The van der Waals surface area contributed by atoms with Crippen LogP contribution in [0.2, 0.25) is 0 Å². The normalized spacial score (nSPS) is 18.9. The molecule has 0 saturated carbocycles. The summed E-state index contributed by atoms with van der Waals surface area (Å²) in [7, 11) is 0. The highest BCUT2D eigenvalue weighted by Gasteiger charge is 2.37. The predicted octanol–water partition coefficient (Wildman–Crippen LogP) is 5.01. The van der Waals surface area contributed by atoms with Gasteiger partial charge in [0.15, 0.2) is 5.78 Å². The Labute approximate surface area is 159 Å². The number of Topliss-reactive ketones (excluding diaryl/α,β-unsaturated/α-hetero) is 1. The molecule has 0 spiro atoms. The van der Waals surface area contributed by atoms with E-state index >= 15 is 0 Å². The van der Waals surface area contributed by atoms with Crippen molar-refractivity contribution in [3.63, 3.8) is 0 Å². The maximum atomic E-state index is 12.7. The number of pyridine rings is 1. The van der Waals surface area contributed by atoms with Crippen molar-refractivity contribution in [2.75, 3.05) is 5.32 Å². The summed E-state index contributed by atoms with van der Waals surface area (Å²) in [5, 5.41) is 4.68. The highest BCUT2D eigenvalue weighted by atomic mass is 127. The summed E-state index contributed by atoms with van der Waals surface area (Å²) in [6, 6.07) is 16.6. The molecule has 0 radical (unpaired) electrons. The molecule has 0 amide bonds. The number of ketones is 1. The number of carbonyl (C=O) groups is 1. The van der Waals surface area contributed by atoms with Gasteiger partial charge in [-0.1, -0.05) is 24.3 Å². The van der Waals surface area contributed by atoms with E-state index in [9.17, 15) is 4.79 Å². The minimum Gasteiger partial charge on any atom is -0.358 e. The van der Waals surface area contributed by atoms with Crippen molar-refractivity contribution >= 4 is 45.0 Å². The second-order valence-corrected chi connectivity index (χ2v) is 7.66. The largest absolute Gasteiger partial charge is 0.358 e. The van der Waals surface area contributed by atoms with E-state index in [-0.39, 0.29) is 11.7 Å². The molecule has 2 aromatic carbocycles. The Bertz CT molecular complexity index is 1070. The Hall–Kier alpha value is -2.21. The lowest BCUT2D eigenvalue weighted by Gasteiger charge is -2.30. The molecule has 2 aliphatic rings. The van der Waals surface area contributed by atoms with E-state index in [1.807, 2.05) is 18.3 Å². The number of rotatable bonds is 1. The highest BCUT2D eigenvalue weighted by molar-refractivity contribution is 14.1. The summed E-state index contributed by atoms with van der Waals surface area (Å²) in [4.78, 5) is 17.1. The molecule has 4 heteroatoms. The van der Waals surface area contributed by atoms with Crippen LogP contribution in [-0.2, 0) is 4.79 Å². The molecule has 3 nitrogen and oxygen atoms in total. The number of carbonyl (C=O) groups excluding carboxylic acids is 1. The fourth-order valence-electron chi connectivity index (χ4n) is 4.03. The van der Waals surface area contributed by atoms with Crippen molar-refractivity contribution in [1.29, 1.82) is 0 Å². The van der Waals surface area contributed by atoms with Crippen LogP contribution in [0.1, 0.15) is 29.9 Å². The maximum absolute atomic E-state index is 12.7. The average Bonchev–Trinajstić information content (AvgIpc) is 3.01. The topological polar surface area (TPSA) is 42.0 Å². The second-order valence-electron chi connectivity index (χ2n) is 6.49. The number of benzene rings is 2. The second kappa shape index (κ2) is 5.66. The third kappa shape index (κ3) is 2.24. The number of nitrogens with zero attached hydrogens (tertiary/aromatic N) is 1. The molecule has 1 aliphatic carbocycles. The molecular formula is C21H15IN2O. The molecule has 1 atom stereocenters. The first-order valence-corrected chi connectivity index (χ1v) is 9.47. The van der Waals surface area contributed by atoms with Gasteiger partial charge in [0.05, 0.1) is 11.2 Å². The van der Waals surface area contributed by atoms with E-state index in [2.05, 4.69) is 69.3 Å². The summed E-state index contributed by atoms with van der Waals surface area (Å²) in [5.41, 5.74) is 6.47. The number of hydrogen-bond donors (Lipinski definition) is 1. The van der Waals surface area contributed by atoms with E-state index in [0.29, 0.717) is 6.42 Å². The molecule has 1 N–H and O–H groups in total. The van der Waals surface area contributed by atoms with Crippen LogP contribution >= 0.6 is 22.6 Å². The lowest BCUT2D eigenvalue weighted by atomic mass is 9.80. The zero-order valence-corrected chi connectivity index (χ0v) is 15.6. The van der Waals surface area contributed by atoms with Crippen LogP contribution in [0.3, 0.4) is 0 Å². The molecule has 3 aromatic rings. The van der Waals surface area contributed by atoms with E-state index in [0.717, 1.165) is 34.3 Å². The van der Waals surface area contributed by atoms with Gasteiger partial charge < -0.3 is 5.32 Å². The number of fused-ring (bicyclic) bond motifs is 3. The summed E-state index contributed by atoms with van der Waals surface area (Å²) < 4.78 is 1.19. The Balaban J connectivity index is 1.83. The standard InChI is InChI=1S/C21H15IN2O/c22-15-6-2-1-4-12(15)19-14-7-8-16-13(5-3-11-23-16)21(14)24-17-9-10-18(25)20(17)19/h1-8,11,19,24H,9-10H2. The average molecular weight is 438 g/mol. The van der Waals surface area contributed by atoms with Gasteiger partial charge in [-0.05, 0) is 64.4 Å². The van der Waals surface area contributed by atoms with Crippen molar-refractivity contribution in [2.24, 2.45) is 0 Å². The van der Waals surface area contributed by atoms with E-state index in [1.165, 1.54) is 14.7 Å². The highest BCUT2D eigenvalue weighted by Crippen LogP contribution is 2.48. The van der Waals surface area contributed by atoms with Gasteiger partial charge in [0, 0.05) is 38.8 Å². The molecular weight excluding hydrogens is 423 g/mol. The Kier molecular flexibility index (Phi) is 3.41. The molecule has 0 saturated heterocycles. The SMILES string of the molecule is O=C1CCC2=C1C(c1ccccc1I)c1ccc3ncccc3c1N2. The predicted molar refractivity (Wildman–Crippen MR) is 108 cm³/mol. The van der Waals surface area contributed by atoms with Crippen LogP contribution < -0.4 is 5.32 Å². The summed E-state index contributed by atoms with van der Waals surface area (Å²) in [6.45, 7) is 0. The van der Waals surface area contributed by atoms with E-state index < -0.39 is 0 Å². The number of nitrogens with one attached hydrogen (secondary N) is 1. The molecule has 1 unspecified atom stereocenters. The first-order chi connectivity index (χ1) is 12.2. The van der Waals surface area contributed by atoms with Crippen molar-refractivity contribution in [3.8, 4) is 0 Å². The molecule has 1 aromatic heterocycles. The minimum absolute atomic E-state index is 0.000967. The lowest BCUT2D eigenvalue weighted by Crippen LogP contribution is -2.20. The monoisotopic (exact) mass is 438 g/mol. The van der Waals surface area contributed by atoms with Crippen molar-refractivity contribution in [3.05, 3.63) is 80.7 Å². The van der Waals surface area contributed by atoms with Crippen LogP contribution in [0.15, 0.2) is 66.0 Å². The van der Waals surface area contributed by atoms with E-state index in [1.54, 1.807) is 0 Å². The lowest BCUT2D eigenvalue weighted by molar-refractivity contribution is -0.115. The Morgan fingerprint density at radius 1 is 1.00 bits per heavy atom. The number of anilines is 1. The zero-order valence-electron chi connectivity index (χ0n) is 13.4. The van der Waals surface area contributed by atoms with Gasteiger partial charge in [-0.25, -0.2) is 0 Å². The Morgan fingerprint density at radius 3 is 2.76 bits per heavy atom.